The predicted molar refractivity (Wildman–Crippen MR) is 151 cm³/mol. The number of likely N-dealkylation sites (N-methyl/N-ethyl adjacent to an activating group) is 1. The van der Waals surface area contributed by atoms with Gasteiger partial charge in [-0.05, 0) is 49.9 Å². The zero-order valence-electron chi connectivity index (χ0n) is 23.5. The van der Waals surface area contributed by atoms with Gasteiger partial charge in [0.15, 0.2) is 16.5 Å². The van der Waals surface area contributed by atoms with Crippen LogP contribution < -0.4 is 18.9 Å². The lowest BCUT2D eigenvalue weighted by molar-refractivity contribution is 0.0341. The van der Waals surface area contributed by atoms with E-state index in [0.717, 1.165) is 17.1 Å². The van der Waals surface area contributed by atoms with Gasteiger partial charge in [0.1, 0.15) is 11.9 Å². The molecule has 3 aromatic rings. The Hall–Kier alpha value is -3.81. The van der Waals surface area contributed by atoms with E-state index in [1.54, 1.807) is 31.0 Å². The van der Waals surface area contributed by atoms with Crippen molar-refractivity contribution in [1.29, 1.82) is 0 Å². The average molecular weight is 586 g/mol. The van der Waals surface area contributed by atoms with Gasteiger partial charge in [-0.3, -0.25) is 14.4 Å². The number of aromatic nitrogens is 2. The first kappa shape index (κ1) is 28.7. The average Bonchev–Trinajstić information content (AvgIpc) is 3.59. The summed E-state index contributed by atoms with van der Waals surface area (Å²) in [5.41, 5.74) is 1.47. The molecule has 0 spiro atoms. The lowest BCUT2D eigenvalue weighted by atomic mass is 9.99. The smallest absolute Gasteiger partial charge is 0.280 e. The van der Waals surface area contributed by atoms with Gasteiger partial charge < -0.3 is 28.8 Å². The zero-order valence-corrected chi connectivity index (χ0v) is 24.3. The minimum atomic E-state index is -3.97. The third-order valence-electron chi connectivity index (χ3n) is 7.25. The predicted octanol–water partition coefficient (Wildman–Crippen LogP) is 2.30. The number of hydrogen-bond acceptors (Lipinski definition) is 9. The first-order valence-corrected chi connectivity index (χ1v) is 14.8. The molecule has 220 valence electrons. The monoisotopic (exact) mass is 585 g/mol. The minimum Gasteiger partial charge on any atom is -0.488 e. The summed E-state index contributed by atoms with van der Waals surface area (Å²) in [6.45, 7) is 5.35. The summed E-state index contributed by atoms with van der Waals surface area (Å²) < 4.78 is 47.1. The summed E-state index contributed by atoms with van der Waals surface area (Å²) in [7, 11) is -0.298. The van der Waals surface area contributed by atoms with Gasteiger partial charge in [-0.15, -0.1) is 0 Å². The van der Waals surface area contributed by atoms with Gasteiger partial charge in [0.2, 0.25) is 6.79 Å². The number of carbonyl (C=O) groups excluding carboxylic acids is 1. The van der Waals surface area contributed by atoms with Crippen molar-refractivity contribution in [2.24, 2.45) is 13.0 Å². The maximum Gasteiger partial charge on any atom is 0.280 e. The summed E-state index contributed by atoms with van der Waals surface area (Å²) >= 11 is 0. The van der Waals surface area contributed by atoms with E-state index >= 15 is 0 Å². The van der Waals surface area contributed by atoms with Crippen molar-refractivity contribution in [3.05, 3.63) is 60.0 Å². The lowest BCUT2D eigenvalue weighted by Crippen LogP contribution is -2.49. The van der Waals surface area contributed by atoms with E-state index < -0.39 is 16.1 Å². The number of carbonyl (C=O) groups is 1. The van der Waals surface area contributed by atoms with Crippen molar-refractivity contribution in [3.63, 3.8) is 0 Å². The number of ether oxygens (including phenoxy) is 3. The molecule has 0 radical (unpaired) electrons. The second kappa shape index (κ2) is 11.6. The first-order chi connectivity index (χ1) is 19.5. The molecular weight excluding hydrogens is 550 g/mol. The van der Waals surface area contributed by atoms with Crippen LogP contribution in [0.4, 0.5) is 5.69 Å². The molecule has 3 heterocycles. The van der Waals surface area contributed by atoms with Gasteiger partial charge in [-0.1, -0.05) is 13.0 Å². The number of fused-ring (bicyclic) bond motifs is 2. The van der Waals surface area contributed by atoms with Crippen LogP contribution >= 0.6 is 0 Å². The van der Waals surface area contributed by atoms with E-state index in [9.17, 15) is 18.3 Å². The second-order valence-corrected chi connectivity index (χ2v) is 12.3. The van der Waals surface area contributed by atoms with Crippen molar-refractivity contribution in [2.75, 3.05) is 38.3 Å². The van der Waals surface area contributed by atoms with E-state index in [-0.39, 0.29) is 47.6 Å². The van der Waals surface area contributed by atoms with Gasteiger partial charge in [-0.2, -0.15) is 8.42 Å². The molecule has 12 nitrogen and oxygen atoms in total. The molecule has 1 amide bonds. The third-order valence-corrected chi connectivity index (χ3v) is 8.52. The number of aryl methyl sites for hydroxylation is 1. The first-order valence-electron chi connectivity index (χ1n) is 13.3. The number of sulfonamides is 1. The number of aliphatic hydroxyl groups is 1. The Morgan fingerprint density at radius 3 is 2.66 bits per heavy atom. The molecule has 0 aliphatic carbocycles. The quantitative estimate of drug-likeness (QED) is 0.388. The van der Waals surface area contributed by atoms with Gasteiger partial charge in [0, 0.05) is 44.5 Å². The van der Waals surface area contributed by atoms with Gasteiger partial charge >= 0.3 is 0 Å². The van der Waals surface area contributed by atoms with Gasteiger partial charge in [0.05, 0.1) is 24.5 Å². The molecular formula is C28H35N5O7S. The van der Waals surface area contributed by atoms with Crippen LogP contribution in [0.15, 0.2) is 53.9 Å². The van der Waals surface area contributed by atoms with E-state index in [0.29, 0.717) is 25.4 Å². The minimum absolute atomic E-state index is 0.0670. The topological polar surface area (TPSA) is 135 Å². The molecule has 2 aromatic carbocycles. The molecule has 1 aromatic heterocycles. The highest BCUT2D eigenvalue weighted by molar-refractivity contribution is 7.92. The van der Waals surface area contributed by atoms with Crippen LogP contribution in [-0.4, -0.2) is 84.5 Å². The fourth-order valence-corrected chi connectivity index (χ4v) is 5.99. The van der Waals surface area contributed by atoms with E-state index in [1.807, 2.05) is 32.2 Å². The Labute approximate surface area is 239 Å². The van der Waals surface area contributed by atoms with Crippen molar-refractivity contribution in [1.82, 2.24) is 19.4 Å². The number of aliphatic hydroxyl groups excluding tert-OH is 1. The molecule has 2 aliphatic heterocycles. The molecule has 13 heteroatoms. The summed E-state index contributed by atoms with van der Waals surface area (Å²) in [6.07, 6.45) is 2.48. The molecule has 41 heavy (non-hydrogen) atoms. The Kier molecular flexibility index (Phi) is 8.11. The summed E-state index contributed by atoms with van der Waals surface area (Å²) in [6, 6.07) is 10.1. The number of hydrogen-bond donors (Lipinski definition) is 2. The highest BCUT2D eigenvalue weighted by Gasteiger charge is 2.34. The van der Waals surface area contributed by atoms with Crippen LogP contribution in [0, 0.1) is 5.92 Å². The van der Waals surface area contributed by atoms with Crippen LogP contribution in [0.1, 0.15) is 29.8 Å². The fraction of sp³-hybridized carbons (Fsp3) is 0.429. The lowest BCUT2D eigenvalue weighted by Gasteiger charge is -2.38. The largest absolute Gasteiger partial charge is 0.488 e. The molecule has 0 bridgehead atoms. The van der Waals surface area contributed by atoms with Crippen LogP contribution in [0.5, 0.6) is 17.2 Å². The summed E-state index contributed by atoms with van der Waals surface area (Å²) in [4.78, 5) is 21.4. The van der Waals surface area contributed by atoms with Crippen molar-refractivity contribution < 1.29 is 32.5 Å². The van der Waals surface area contributed by atoms with Crippen LogP contribution in [0.3, 0.4) is 0 Å². The Morgan fingerprint density at radius 2 is 1.93 bits per heavy atom. The highest BCUT2D eigenvalue weighted by Crippen LogP contribution is 2.34. The molecule has 0 unspecified atom stereocenters. The fourth-order valence-electron chi connectivity index (χ4n) is 4.96. The number of amides is 1. The van der Waals surface area contributed by atoms with E-state index in [4.69, 9.17) is 14.2 Å². The number of nitrogens with zero attached hydrogens (tertiary/aromatic N) is 4. The van der Waals surface area contributed by atoms with Crippen molar-refractivity contribution in [3.8, 4) is 17.2 Å². The summed E-state index contributed by atoms with van der Waals surface area (Å²) in [5, 5.41) is 9.79. The van der Waals surface area contributed by atoms with E-state index in [2.05, 4.69) is 14.6 Å². The maximum atomic E-state index is 13.7. The van der Waals surface area contributed by atoms with Crippen LogP contribution in [-0.2, 0) is 23.6 Å². The Balaban J connectivity index is 1.40. The molecule has 5 rings (SSSR count). The van der Waals surface area contributed by atoms with Gasteiger partial charge in [-0.25, -0.2) is 4.98 Å². The number of rotatable bonds is 9. The molecule has 0 saturated carbocycles. The Morgan fingerprint density at radius 1 is 1.17 bits per heavy atom. The van der Waals surface area contributed by atoms with Crippen molar-refractivity contribution >= 4 is 21.6 Å². The zero-order chi connectivity index (χ0) is 29.3. The standard InChI is InChI=1S/C28H35N5O7S/c1-18-11-33(19(2)15-34)28(35)22-10-21(30-41(36,37)27-14-32(4)16-29-27)6-8-23(22)40-26(18)13-31(3)12-20-5-7-24-25(9-20)39-17-38-24/h5-10,14,16,18-19,26,30,34H,11-13,15,17H2,1-4H3/t18-,19-,26+/m0/s1. The number of imidazole rings is 1. The van der Waals surface area contributed by atoms with Crippen molar-refractivity contribution in [2.45, 2.75) is 37.6 Å². The highest BCUT2D eigenvalue weighted by atomic mass is 32.2. The maximum absolute atomic E-state index is 13.7. The molecule has 0 fully saturated rings. The third kappa shape index (κ3) is 6.26. The van der Waals surface area contributed by atoms with Crippen LogP contribution in [0.2, 0.25) is 0 Å². The Bertz CT molecular complexity index is 1530. The normalized spacial score (nSPS) is 19.4. The molecule has 2 aliphatic rings. The van der Waals surface area contributed by atoms with Gasteiger partial charge in [0.25, 0.3) is 15.9 Å². The molecule has 2 N–H and O–H groups in total. The van der Waals surface area contributed by atoms with E-state index in [1.165, 1.54) is 23.2 Å². The molecule has 3 atom stereocenters. The number of anilines is 1. The number of benzene rings is 2. The second-order valence-electron chi connectivity index (χ2n) is 10.7. The van der Waals surface area contributed by atoms with Crippen LogP contribution in [0.25, 0.3) is 0 Å². The number of nitrogens with one attached hydrogen (secondary N) is 1. The summed E-state index contributed by atoms with van der Waals surface area (Å²) in [5.74, 6) is 1.39. The molecule has 0 saturated heterocycles. The SMILES string of the molecule is C[C@H]1CN([C@@H](C)CO)C(=O)c2cc(NS(=O)(=O)c3cn(C)cn3)ccc2O[C@@H]1CN(C)Cc1ccc2c(c1)OCO2.